The molecule has 3 heterocycles. The van der Waals surface area contributed by atoms with E-state index in [0.29, 0.717) is 61.3 Å². The number of hydrogen-bond donors (Lipinski definition) is 0. The molecule has 0 spiro atoms. The Morgan fingerprint density at radius 3 is 2.64 bits per heavy atom. The minimum absolute atomic E-state index is 0.00722. The quantitative estimate of drug-likeness (QED) is 0.461. The lowest BCUT2D eigenvalue weighted by atomic mass is 9.96. The van der Waals surface area contributed by atoms with Gasteiger partial charge in [0.2, 0.25) is 11.7 Å². The van der Waals surface area contributed by atoms with Crippen molar-refractivity contribution in [2.75, 3.05) is 33.3 Å². The topological polar surface area (TPSA) is 122 Å². The lowest BCUT2D eigenvalue weighted by Gasteiger charge is -2.33. The Hall–Kier alpha value is -4.39. The number of Topliss-reactive ketones (excluding diaryl/α,β-unsaturated/α-hetero) is 1. The monoisotopic (exact) mass is 529 g/mol. The highest BCUT2D eigenvalue weighted by molar-refractivity contribution is 5.94. The van der Waals surface area contributed by atoms with E-state index >= 15 is 0 Å². The number of nitriles is 1. The number of carbonyl (C=O) groups is 2. The maximum absolute atomic E-state index is 13.2. The summed E-state index contributed by atoms with van der Waals surface area (Å²) in [7, 11) is 1.60. The number of urea groups is 1. The standard InChI is InChI=1S/C29H31N5O5/c1-18(2)38-26-14-22(7-8-25(26)37-3)27-31-28(39-32-27)20-9-11-33(12-10-20)29(36)34-16-23(24(35)17-34)21-6-4-5-19(13-21)15-30/h4-8,13-14,18,20,23H,9-12,16-17H2,1-3H3. The highest BCUT2D eigenvalue weighted by atomic mass is 16.5. The number of likely N-dealkylation sites (tertiary alicyclic amines) is 2. The van der Waals surface area contributed by atoms with Crippen LogP contribution in [0, 0.1) is 11.3 Å². The summed E-state index contributed by atoms with van der Waals surface area (Å²) in [5.74, 6) is 1.91. The largest absolute Gasteiger partial charge is 0.493 e. The molecule has 5 rings (SSSR count). The second-order valence-electron chi connectivity index (χ2n) is 10.2. The van der Waals surface area contributed by atoms with Crippen LogP contribution in [0.3, 0.4) is 0 Å². The molecule has 1 atom stereocenters. The smallest absolute Gasteiger partial charge is 0.320 e. The van der Waals surface area contributed by atoms with Crippen molar-refractivity contribution < 1.29 is 23.6 Å². The average Bonchev–Trinajstić information content (AvgIpc) is 3.60. The Kier molecular flexibility index (Phi) is 7.50. The van der Waals surface area contributed by atoms with Crippen molar-refractivity contribution in [1.82, 2.24) is 19.9 Å². The van der Waals surface area contributed by atoms with Crippen molar-refractivity contribution in [3.8, 4) is 29.0 Å². The van der Waals surface area contributed by atoms with E-state index in [9.17, 15) is 14.9 Å². The van der Waals surface area contributed by atoms with Crippen LogP contribution in [-0.4, -0.2) is 71.1 Å². The Morgan fingerprint density at radius 1 is 1.13 bits per heavy atom. The third-order valence-electron chi connectivity index (χ3n) is 7.17. The number of methoxy groups -OCH3 is 1. The molecule has 2 fully saturated rings. The molecular weight excluding hydrogens is 498 g/mol. The number of benzene rings is 2. The van der Waals surface area contributed by atoms with Crippen LogP contribution in [0.4, 0.5) is 4.79 Å². The Bertz CT molecular complexity index is 1400. The number of rotatable bonds is 6. The number of amides is 2. The van der Waals surface area contributed by atoms with Gasteiger partial charge in [0.25, 0.3) is 0 Å². The molecule has 0 N–H and O–H groups in total. The van der Waals surface area contributed by atoms with Gasteiger partial charge in [-0.05, 0) is 62.6 Å². The van der Waals surface area contributed by atoms with Crippen molar-refractivity contribution in [3.05, 3.63) is 59.5 Å². The molecule has 2 aromatic carbocycles. The lowest BCUT2D eigenvalue weighted by molar-refractivity contribution is -0.117. The SMILES string of the molecule is COc1ccc(-c2noc(C3CCN(C(=O)N4CC(=O)C(c5cccc(C#N)c5)C4)CC3)n2)cc1OC(C)C. The molecule has 0 saturated carbocycles. The van der Waals surface area contributed by atoms with E-state index in [1.165, 1.54) is 0 Å². The van der Waals surface area contributed by atoms with Crippen LogP contribution in [0.15, 0.2) is 47.0 Å². The molecule has 202 valence electrons. The molecule has 2 aliphatic heterocycles. The van der Waals surface area contributed by atoms with E-state index < -0.39 is 5.92 Å². The third-order valence-corrected chi connectivity index (χ3v) is 7.17. The van der Waals surface area contributed by atoms with Crippen LogP contribution in [0.25, 0.3) is 11.4 Å². The average molecular weight is 530 g/mol. The highest BCUT2D eigenvalue weighted by Crippen LogP contribution is 2.34. The van der Waals surface area contributed by atoms with Crippen molar-refractivity contribution in [2.45, 2.75) is 44.6 Å². The zero-order chi connectivity index (χ0) is 27.5. The van der Waals surface area contributed by atoms with Gasteiger partial charge < -0.3 is 23.8 Å². The zero-order valence-corrected chi connectivity index (χ0v) is 22.3. The summed E-state index contributed by atoms with van der Waals surface area (Å²) in [6.45, 7) is 5.38. The van der Waals surface area contributed by atoms with Crippen LogP contribution in [-0.2, 0) is 4.79 Å². The summed E-state index contributed by atoms with van der Waals surface area (Å²) in [6, 6.07) is 14.5. The number of ketones is 1. The van der Waals surface area contributed by atoms with E-state index in [1.807, 2.05) is 38.1 Å². The fraction of sp³-hybridized carbons (Fsp3) is 0.414. The predicted molar refractivity (Wildman–Crippen MR) is 141 cm³/mol. The van der Waals surface area contributed by atoms with E-state index in [0.717, 1.165) is 11.1 Å². The Morgan fingerprint density at radius 2 is 1.92 bits per heavy atom. The number of piperidine rings is 1. The zero-order valence-electron chi connectivity index (χ0n) is 22.3. The van der Waals surface area contributed by atoms with Gasteiger partial charge in [0.05, 0.1) is 37.3 Å². The van der Waals surface area contributed by atoms with E-state index in [4.69, 9.17) is 14.0 Å². The summed E-state index contributed by atoms with van der Waals surface area (Å²) < 4.78 is 16.9. The minimum Gasteiger partial charge on any atom is -0.493 e. The second-order valence-corrected chi connectivity index (χ2v) is 10.2. The first kappa shape index (κ1) is 26.2. The molecule has 10 nitrogen and oxygen atoms in total. The van der Waals surface area contributed by atoms with Crippen molar-refractivity contribution in [2.24, 2.45) is 0 Å². The molecule has 39 heavy (non-hydrogen) atoms. The Balaban J connectivity index is 1.20. The van der Waals surface area contributed by atoms with Gasteiger partial charge >= 0.3 is 6.03 Å². The lowest BCUT2D eigenvalue weighted by Crippen LogP contribution is -2.45. The maximum Gasteiger partial charge on any atom is 0.320 e. The molecule has 0 bridgehead atoms. The van der Waals surface area contributed by atoms with Crippen molar-refractivity contribution >= 4 is 11.8 Å². The summed E-state index contributed by atoms with van der Waals surface area (Å²) >= 11 is 0. The van der Waals surface area contributed by atoms with Crippen LogP contribution in [0.5, 0.6) is 11.5 Å². The molecule has 0 radical (unpaired) electrons. The molecular formula is C29H31N5O5. The fourth-order valence-corrected chi connectivity index (χ4v) is 5.14. The van der Waals surface area contributed by atoms with Crippen molar-refractivity contribution in [1.29, 1.82) is 5.26 Å². The van der Waals surface area contributed by atoms with E-state index in [-0.39, 0.29) is 30.4 Å². The van der Waals surface area contributed by atoms with Crippen LogP contribution >= 0.6 is 0 Å². The number of hydrogen-bond acceptors (Lipinski definition) is 8. The molecule has 1 aromatic heterocycles. The van der Waals surface area contributed by atoms with Crippen LogP contribution in [0.1, 0.15) is 55.5 Å². The number of nitrogens with zero attached hydrogens (tertiary/aromatic N) is 5. The molecule has 2 saturated heterocycles. The number of aromatic nitrogens is 2. The molecule has 10 heteroatoms. The molecule has 1 unspecified atom stereocenters. The van der Waals surface area contributed by atoms with Gasteiger partial charge in [-0.3, -0.25) is 4.79 Å². The van der Waals surface area contributed by atoms with E-state index in [2.05, 4.69) is 16.2 Å². The molecule has 2 amide bonds. The van der Waals surface area contributed by atoms with Gasteiger partial charge in [-0.15, -0.1) is 0 Å². The fourth-order valence-electron chi connectivity index (χ4n) is 5.14. The molecule has 3 aromatic rings. The van der Waals surface area contributed by atoms with Gasteiger partial charge in [-0.25, -0.2) is 4.79 Å². The van der Waals surface area contributed by atoms with E-state index in [1.54, 1.807) is 35.1 Å². The van der Waals surface area contributed by atoms with Gasteiger partial charge in [0.15, 0.2) is 17.3 Å². The van der Waals surface area contributed by atoms with Crippen LogP contribution < -0.4 is 9.47 Å². The first-order valence-electron chi connectivity index (χ1n) is 13.1. The number of carbonyl (C=O) groups excluding carboxylic acids is 2. The summed E-state index contributed by atoms with van der Waals surface area (Å²) in [4.78, 5) is 33.9. The first-order valence-corrected chi connectivity index (χ1v) is 13.1. The number of ether oxygens (including phenoxy) is 2. The minimum atomic E-state index is -0.402. The Labute approximate surface area is 227 Å². The van der Waals surface area contributed by atoms with Gasteiger partial charge in [-0.2, -0.15) is 10.2 Å². The van der Waals surface area contributed by atoms with Gasteiger partial charge in [0.1, 0.15) is 0 Å². The van der Waals surface area contributed by atoms with Crippen LogP contribution in [0.2, 0.25) is 0 Å². The first-order chi connectivity index (χ1) is 18.9. The molecule has 0 aliphatic carbocycles. The third kappa shape index (κ3) is 5.58. The summed E-state index contributed by atoms with van der Waals surface area (Å²) in [5, 5.41) is 13.4. The van der Waals surface area contributed by atoms with Gasteiger partial charge in [0, 0.05) is 31.1 Å². The van der Waals surface area contributed by atoms with Gasteiger partial charge in [-0.1, -0.05) is 17.3 Å². The highest BCUT2D eigenvalue weighted by Gasteiger charge is 2.38. The predicted octanol–water partition coefficient (Wildman–Crippen LogP) is 4.37. The van der Waals surface area contributed by atoms with Crippen molar-refractivity contribution in [3.63, 3.8) is 0 Å². The molecule has 2 aliphatic rings. The summed E-state index contributed by atoms with van der Waals surface area (Å²) in [5.41, 5.74) is 2.05. The maximum atomic E-state index is 13.2. The second kappa shape index (κ2) is 11.2. The summed E-state index contributed by atoms with van der Waals surface area (Å²) in [6.07, 6.45) is 1.36. The normalized spacial score (nSPS) is 17.9.